The number of nitrogens with one attached hydrogen (secondary N) is 1. The number of carbonyl (C=O) groups is 1. The van der Waals surface area contributed by atoms with Crippen LogP contribution in [0.4, 0.5) is 19.0 Å². The van der Waals surface area contributed by atoms with Gasteiger partial charge in [0.05, 0.1) is 22.0 Å². The molecule has 1 N–H and O–H groups in total. The van der Waals surface area contributed by atoms with Crippen LogP contribution in [0.15, 0.2) is 53.7 Å². The summed E-state index contributed by atoms with van der Waals surface area (Å²) in [4.78, 5) is 13.4. The summed E-state index contributed by atoms with van der Waals surface area (Å²) < 4.78 is 41.9. The Morgan fingerprint density at radius 3 is 2.43 bits per heavy atom. The van der Waals surface area contributed by atoms with Crippen molar-refractivity contribution in [3.05, 3.63) is 86.7 Å². The molecule has 3 aromatic rings. The molecule has 0 saturated carbocycles. The molecule has 0 spiro atoms. The highest BCUT2D eigenvalue weighted by Gasteiger charge is 2.43. The van der Waals surface area contributed by atoms with E-state index in [1.165, 1.54) is 10.7 Å². The number of fused-ring (bicyclic) bond motifs is 1. The minimum atomic E-state index is -4.52. The second kappa shape index (κ2) is 7.98. The minimum Gasteiger partial charge on any atom is -0.343 e. The number of hydrogen-bond donors (Lipinski definition) is 1. The van der Waals surface area contributed by atoms with Crippen LogP contribution in [0.2, 0.25) is 5.02 Å². The molecule has 35 heavy (non-hydrogen) atoms. The van der Waals surface area contributed by atoms with Crippen molar-refractivity contribution >= 4 is 23.2 Å². The first-order chi connectivity index (χ1) is 16.4. The minimum absolute atomic E-state index is 0.0734. The van der Waals surface area contributed by atoms with Crippen molar-refractivity contribution in [3.63, 3.8) is 0 Å². The van der Waals surface area contributed by atoms with Crippen molar-refractivity contribution in [2.75, 3.05) is 5.32 Å². The van der Waals surface area contributed by atoms with E-state index >= 15 is 0 Å². The van der Waals surface area contributed by atoms with Crippen molar-refractivity contribution in [2.45, 2.75) is 52.6 Å². The Labute approximate surface area is 206 Å². The van der Waals surface area contributed by atoms with Crippen LogP contribution in [-0.2, 0) is 11.0 Å². The smallest absolute Gasteiger partial charge is 0.343 e. The molecule has 0 saturated heterocycles. The molecule has 4 nitrogen and oxygen atoms in total. The van der Waals surface area contributed by atoms with Crippen LogP contribution in [0.5, 0.6) is 0 Å². The van der Waals surface area contributed by atoms with Gasteiger partial charge in [0.15, 0.2) is 5.78 Å². The maximum atomic E-state index is 13.5. The quantitative estimate of drug-likeness (QED) is 0.400. The summed E-state index contributed by atoms with van der Waals surface area (Å²) in [5.41, 5.74) is 4.00. The lowest BCUT2D eigenvalue weighted by atomic mass is 9.69. The fourth-order valence-corrected chi connectivity index (χ4v) is 5.39. The predicted octanol–water partition coefficient (Wildman–Crippen LogP) is 7.36. The van der Waals surface area contributed by atoms with Gasteiger partial charge in [0.1, 0.15) is 5.82 Å². The molecule has 0 radical (unpaired) electrons. The maximum Gasteiger partial charge on any atom is 0.416 e. The van der Waals surface area contributed by atoms with Crippen LogP contribution < -0.4 is 5.32 Å². The summed E-state index contributed by atoms with van der Waals surface area (Å²) in [7, 11) is 0. The van der Waals surface area contributed by atoms with Crippen molar-refractivity contribution < 1.29 is 18.0 Å². The number of alkyl halides is 3. The summed E-state index contributed by atoms with van der Waals surface area (Å²) in [5, 5.41) is 8.16. The summed E-state index contributed by atoms with van der Waals surface area (Å²) in [6, 6.07) is 11.2. The average molecular weight is 500 g/mol. The van der Waals surface area contributed by atoms with Crippen LogP contribution >= 0.6 is 11.6 Å². The van der Waals surface area contributed by atoms with E-state index in [0.717, 1.165) is 34.5 Å². The highest BCUT2D eigenvalue weighted by atomic mass is 35.5. The molecule has 2 aromatic carbocycles. The number of hydrogen-bond acceptors (Lipinski definition) is 3. The van der Waals surface area contributed by atoms with Gasteiger partial charge in [-0.15, -0.1) is 0 Å². The summed E-state index contributed by atoms with van der Waals surface area (Å²) >= 11 is 6.39. The average Bonchev–Trinajstić information content (AvgIpc) is 3.07. The van der Waals surface area contributed by atoms with Gasteiger partial charge < -0.3 is 5.32 Å². The van der Waals surface area contributed by atoms with E-state index < -0.39 is 11.7 Å². The van der Waals surface area contributed by atoms with Crippen molar-refractivity contribution in [1.82, 2.24) is 9.78 Å². The van der Waals surface area contributed by atoms with Crippen LogP contribution in [0.3, 0.4) is 0 Å². The highest BCUT2D eigenvalue weighted by Crippen LogP contribution is 2.50. The molecule has 0 fully saturated rings. The molecular weight excluding hydrogens is 475 g/mol. The van der Waals surface area contributed by atoms with Crippen molar-refractivity contribution in [2.24, 2.45) is 5.41 Å². The molecule has 2 heterocycles. The molecule has 1 aliphatic heterocycles. The maximum absolute atomic E-state index is 13.5. The fourth-order valence-electron chi connectivity index (χ4n) is 5.19. The Hall–Kier alpha value is -3.06. The molecule has 1 atom stereocenters. The van der Waals surface area contributed by atoms with E-state index in [4.69, 9.17) is 11.6 Å². The van der Waals surface area contributed by atoms with Crippen LogP contribution in [0, 0.1) is 19.3 Å². The van der Waals surface area contributed by atoms with E-state index in [-0.39, 0.29) is 27.8 Å². The lowest BCUT2D eigenvalue weighted by molar-refractivity contribution is -0.137. The Kier molecular flexibility index (Phi) is 5.40. The molecular formula is C27H25ClF3N3O. The standard InChI is InChI=1S/C27H25ClF3N3O/c1-14-5-7-16(8-6-14)23-22-15(2)33-34(20-11-17(27(29,30)31)9-10-18(20)28)25(22)32-19-12-26(3,4)13-21(35)24(19)23/h5-11,23,32H,12-13H2,1-4H3/t23-/m0/s1. The first kappa shape index (κ1) is 23.7. The molecule has 5 rings (SSSR count). The molecule has 1 aromatic heterocycles. The Morgan fingerprint density at radius 2 is 1.77 bits per heavy atom. The monoisotopic (exact) mass is 499 g/mol. The zero-order chi connectivity index (χ0) is 25.3. The van der Waals surface area contributed by atoms with Crippen LogP contribution in [0.1, 0.15) is 60.6 Å². The summed E-state index contributed by atoms with van der Waals surface area (Å²) in [5.74, 6) is 0.242. The number of nitrogens with zero attached hydrogens (tertiary/aromatic N) is 2. The first-order valence-corrected chi connectivity index (χ1v) is 11.8. The summed E-state index contributed by atoms with van der Waals surface area (Å²) in [6.45, 7) is 7.88. The number of benzene rings is 2. The van der Waals surface area contributed by atoms with Gasteiger partial charge >= 0.3 is 6.18 Å². The molecule has 2 aliphatic rings. The molecule has 0 unspecified atom stereocenters. The molecule has 0 amide bonds. The number of anilines is 1. The number of carbonyl (C=O) groups excluding carboxylic acids is 1. The topological polar surface area (TPSA) is 46.9 Å². The third-order valence-electron chi connectivity index (χ3n) is 6.79. The molecule has 0 bridgehead atoms. The van der Waals surface area contributed by atoms with E-state index in [2.05, 4.69) is 10.4 Å². The lowest BCUT2D eigenvalue weighted by Gasteiger charge is -2.38. The summed E-state index contributed by atoms with van der Waals surface area (Å²) in [6.07, 6.45) is -3.46. The molecule has 182 valence electrons. The Morgan fingerprint density at radius 1 is 1.09 bits per heavy atom. The van der Waals surface area contributed by atoms with E-state index in [9.17, 15) is 18.0 Å². The highest BCUT2D eigenvalue weighted by molar-refractivity contribution is 6.32. The number of halogens is 4. The number of aryl methyl sites for hydroxylation is 2. The third kappa shape index (κ3) is 4.05. The number of allylic oxidation sites excluding steroid dienone is 2. The van der Waals surface area contributed by atoms with Gasteiger partial charge in [-0.2, -0.15) is 18.3 Å². The third-order valence-corrected chi connectivity index (χ3v) is 7.11. The van der Waals surface area contributed by atoms with Crippen LogP contribution in [0.25, 0.3) is 5.69 Å². The van der Waals surface area contributed by atoms with Gasteiger partial charge in [0.2, 0.25) is 0 Å². The predicted molar refractivity (Wildman–Crippen MR) is 130 cm³/mol. The normalized spacial score (nSPS) is 19.3. The van der Waals surface area contributed by atoms with E-state index in [0.29, 0.717) is 29.9 Å². The Bertz CT molecular complexity index is 1380. The first-order valence-electron chi connectivity index (χ1n) is 11.4. The molecule has 1 aliphatic carbocycles. The van der Waals surface area contributed by atoms with E-state index in [1.807, 2.05) is 52.0 Å². The number of aromatic nitrogens is 2. The second-order valence-electron chi connectivity index (χ2n) is 10.2. The van der Waals surface area contributed by atoms with Gasteiger partial charge in [-0.3, -0.25) is 4.79 Å². The van der Waals surface area contributed by atoms with Gasteiger partial charge in [-0.1, -0.05) is 55.3 Å². The zero-order valence-corrected chi connectivity index (χ0v) is 20.6. The van der Waals surface area contributed by atoms with Gasteiger partial charge in [0, 0.05) is 29.2 Å². The van der Waals surface area contributed by atoms with E-state index in [1.54, 1.807) is 0 Å². The fraction of sp³-hybridized carbons (Fsp3) is 0.333. The molecule has 8 heteroatoms. The van der Waals surface area contributed by atoms with Crippen molar-refractivity contribution in [3.8, 4) is 5.69 Å². The van der Waals surface area contributed by atoms with Gasteiger partial charge in [-0.05, 0) is 49.4 Å². The van der Waals surface area contributed by atoms with Gasteiger partial charge in [0.25, 0.3) is 0 Å². The number of Topliss-reactive ketones (excluding diaryl/α,β-unsaturated/α-hetero) is 1. The Balaban J connectivity index is 1.76. The zero-order valence-electron chi connectivity index (χ0n) is 19.8. The number of ketones is 1. The lowest BCUT2D eigenvalue weighted by Crippen LogP contribution is -2.34. The largest absolute Gasteiger partial charge is 0.416 e. The SMILES string of the molecule is Cc1ccc([C@@H]2C3=C(CC(C)(C)CC3=O)Nc3c2c(C)nn3-c2cc(C(F)(F)F)ccc2Cl)cc1. The van der Waals surface area contributed by atoms with Crippen molar-refractivity contribution in [1.29, 1.82) is 0 Å². The number of rotatable bonds is 2. The second-order valence-corrected chi connectivity index (χ2v) is 10.6. The van der Waals surface area contributed by atoms with Crippen LogP contribution in [-0.4, -0.2) is 15.6 Å². The van der Waals surface area contributed by atoms with Gasteiger partial charge in [-0.25, -0.2) is 4.68 Å².